The molecule has 36 heavy (non-hydrogen) atoms. The molecule has 2 aliphatic heterocycles. The highest BCUT2D eigenvalue weighted by atomic mass is 19.4. The number of rotatable bonds is 5. The maximum Gasteiger partial charge on any atom is 0.416 e. The summed E-state index contributed by atoms with van der Waals surface area (Å²) in [5.41, 5.74) is -1.32. The Labute approximate surface area is 206 Å². The fourth-order valence-electron chi connectivity index (χ4n) is 6.03. The maximum absolute atomic E-state index is 14.1. The molecule has 2 aromatic carbocycles. The van der Waals surface area contributed by atoms with Crippen molar-refractivity contribution in [1.29, 1.82) is 0 Å². The maximum atomic E-state index is 14.1. The largest absolute Gasteiger partial charge is 0.416 e. The summed E-state index contributed by atoms with van der Waals surface area (Å²) in [6.45, 7) is 0.668. The number of fused-ring (bicyclic) bond motifs is 3. The van der Waals surface area contributed by atoms with E-state index >= 15 is 0 Å². The smallest absolute Gasteiger partial charge is 0.366 e. The minimum absolute atomic E-state index is 0.0782. The van der Waals surface area contributed by atoms with Crippen molar-refractivity contribution in [2.45, 2.75) is 76.1 Å². The van der Waals surface area contributed by atoms with Gasteiger partial charge < -0.3 is 4.90 Å². The van der Waals surface area contributed by atoms with Crippen molar-refractivity contribution in [2.24, 2.45) is 0 Å². The number of alkyl halides is 5. The third kappa shape index (κ3) is 4.35. The number of nitrogens with zero attached hydrogens (tertiary/aromatic N) is 1. The third-order valence-corrected chi connectivity index (χ3v) is 7.66. The van der Waals surface area contributed by atoms with Crippen LogP contribution < -0.4 is 4.90 Å². The third-order valence-electron chi connectivity index (χ3n) is 7.66. The Morgan fingerprint density at radius 3 is 2.31 bits per heavy atom. The van der Waals surface area contributed by atoms with Crippen LogP contribution in [0.25, 0.3) is 0 Å². The Bertz CT molecular complexity index is 1240. The molecule has 2 saturated heterocycles. The first kappa shape index (κ1) is 24.7. The van der Waals surface area contributed by atoms with E-state index in [2.05, 4.69) is 4.90 Å². The number of benzene rings is 2. The zero-order valence-electron chi connectivity index (χ0n) is 19.8. The lowest BCUT2D eigenvalue weighted by Crippen LogP contribution is -2.39. The molecule has 0 saturated carbocycles. The molecule has 5 rings (SSSR count). The van der Waals surface area contributed by atoms with E-state index in [1.165, 1.54) is 24.3 Å². The summed E-state index contributed by atoms with van der Waals surface area (Å²) in [5.74, 6) is -4.98. The summed E-state index contributed by atoms with van der Waals surface area (Å²) in [5, 5.41) is 0. The van der Waals surface area contributed by atoms with E-state index in [-0.39, 0.29) is 35.2 Å². The summed E-state index contributed by atoms with van der Waals surface area (Å²) in [6, 6.07) is 8.61. The van der Waals surface area contributed by atoms with Crippen molar-refractivity contribution in [3.05, 3.63) is 75.9 Å². The van der Waals surface area contributed by atoms with Gasteiger partial charge in [-0.15, -0.1) is 0 Å². The summed E-state index contributed by atoms with van der Waals surface area (Å²) >= 11 is 0. The minimum atomic E-state index is -4.69. The number of piperidine rings is 1. The van der Waals surface area contributed by atoms with Gasteiger partial charge in [0.15, 0.2) is 11.6 Å². The lowest BCUT2D eigenvalue weighted by atomic mass is 9.83. The number of ketones is 2. The van der Waals surface area contributed by atoms with E-state index in [4.69, 9.17) is 0 Å². The topological polar surface area (TPSA) is 37.4 Å². The first-order valence-corrected chi connectivity index (χ1v) is 12.2. The van der Waals surface area contributed by atoms with Crippen molar-refractivity contribution in [2.75, 3.05) is 4.90 Å². The van der Waals surface area contributed by atoms with Crippen molar-refractivity contribution >= 4 is 17.3 Å². The molecule has 2 aromatic rings. The van der Waals surface area contributed by atoms with Gasteiger partial charge in [0, 0.05) is 42.2 Å². The summed E-state index contributed by atoms with van der Waals surface area (Å²) in [6.07, 6.45) is 0.985. The van der Waals surface area contributed by atoms with Crippen LogP contribution in [-0.2, 0) is 29.7 Å². The van der Waals surface area contributed by atoms with Crippen LogP contribution >= 0.6 is 0 Å². The number of hydrogen-bond donors (Lipinski definition) is 0. The number of halogens is 5. The van der Waals surface area contributed by atoms with Crippen molar-refractivity contribution < 1.29 is 31.5 Å². The predicted molar refractivity (Wildman–Crippen MR) is 125 cm³/mol. The molecular weight excluding hydrogens is 477 g/mol. The number of carbonyl (C=O) groups is 2. The molecule has 0 N–H and O–H groups in total. The fraction of sp³-hybridized carbons (Fsp3) is 0.429. The predicted octanol–water partition coefficient (Wildman–Crippen LogP) is 6.82. The van der Waals surface area contributed by atoms with Gasteiger partial charge in [-0.25, -0.2) is 8.78 Å². The van der Waals surface area contributed by atoms with Gasteiger partial charge in [-0.1, -0.05) is 30.3 Å². The molecule has 0 radical (unpaired) electrons. The second-order valence-corrected chi connectivity index (χ2v) is 10.0. The van der Waals surface area contributed by atoms with Crippen LogP contribution in [0, 0.1) is 0 Å². The number of hydrogen-bond acceptors (Lipinski definition) is 3. The van der Waals surface area contributed by atoms with Crippen LogP contribution in [0.15, 0.2) is 48.0 Å². The molecule has 190 valence electrons. The molecule has 3 aliphatic rings. The lowest BCUT2D eigenvalue weighted by Gasteiger charge is -2.37. The van der Waals surface area contributed by atoms with Gasteiger partial charge in [0.25, 0.3) is 5.92 Å². The van der Waals surface area contributed by atoms with Crippen LogP contribution in [0.1, 0.15) is 71.6 Å². The van der Waals surface area contributed by atoms with E-state index < -0.39 is 41.2 Å². The Balaban J connectivity index is 1.44. The van der Waals surface area contributed by atoms with E-state index in [9.17, 15) is 31.5 Å². The molecule has 2 fully saturated rings. The summed E-state index contributed by atoms with van der Waals surface area (Å²) in [4.78, 5) is 28.2. The molecule has 8 heteroatoms. The fourth-order valence-corrected chi connectivity index (χ4v) is 6.03. The molecule has 2 atom stereocenters. The molecule has 2 bridgehead atoms. The molecule has 2 unspecified atom stereocenters. The van der Waals surface area contributed by atoms with Crippen molar-refractivity contribution in [1.82, 2.24) is 0 Å². The van der Waals surface area contributed by atoms with Crippen LogP contribution in [0.5, 0.6) is 0 Å². The van der Waals surface area contributed by atoms with E-state index in [1.807, 2.05) is 0 Å². The van der Waals surface area contributed by atoms with Crippen LogP contribution in [0.4, 0.5) is 27.6 Å². The molecule has 2 heterocycles. The van der Waals surface area contributed by atoms with Crippen LogP contribution in [-0.4, -0.2) is 23.7 Å². The minimum Gasteiger partial charge on any atom is -0.366 e. The molecule has 0 aromatic heterocycles. The number of Topliss-reactive ketones (excluding diaryl/α,β-unsaturated/α-hetero) is 2. The second-order valence-electron chi connectivity index (χ2n) is 10.0. The zero-order valence-corrected chi connectivity index (χ0v) is 19.8. The zero-order chi connectivity index (χ0) is 25.8. The average molecular weight is 504 g/mol. The molecule has 0 spiro atoms. The normalized spacial score (nSPS) is 21.9. The van der Waals surface area contributed by atoms with Gasteiger partial charge in [0.2, 0.25) is 0 Å². The first-order chi connectivity index (χ1) is 16.9. The van der Waals surface area contributed by atoms with E-state index in [0.717, 1.165) is 44.2 Å². The van der Waals surface area contributed by atoms with Gasteiger partial charge in [-0.3, -0.25) is 9.59 Å². The van der Waals surface area contributed by atoms with Crippen molar-refractivity contribution in [3.63, 3.8) is 0 Å². The molecule has 1 aliphatic carbocycles. The van der Waals surface area contributed by atoms with Gasteiger partial charge >= 0.3 is 6.18 Å². The summed E-state index contributed by atoms with van der Waals surface area (Å²) < 4.78 is 70.5. The molecular formula is C28H26F5NO2. The Kier molecular flexibility index (Phi) is 6.04. The SMILES string of the molecule is CC(F)(F)c1cccc2c1C(=O)C(C(=O)Cc1ccc(N3C4CCCC3CC4)cc1C(F)(F)F)=CC2. The van der Waals surface area contributed by atoms with Gasteiger partial charge in [-0.2, -0.15) is 13.2 Å². The highest BCUT2D eigenvalue weighted by molar-refractivity contribution is 6.28. The van der Waals surface area contributed by atoms with Crippen LogP contribution in [0.3, 0.4) is 0 Å². The Morgan fingerprint density at radius 2 is 1.67 bits per heavy atom. The van der Waals surface area contributed by atoms with Crippen molar-refractivity contribution in [3.8, 4) is 0 Å². The van der Waals surface area contributed by atoms with E-state index in [1.54, 1.807) is 6.07 Å². The Morgan fingerprint density at radius 1 is 0.972 bits per heavy atom. The van der Waals surface area contributed by atoms with Gasteiger partial charge in [-0.05, 0) is 61.8 Å². The first-order valence-electron chi connectivity index (χ1n) is 12.2. The highest BCUT2D eigenvalue weighted by Gasteiger charge is 2.40. The monoisotopic (exact) mass is 503 g/mol. The second kappa shape index (κ2) is 8.82. The number of allylic oxidation sites excluding steroid dienone is 2. The standard InChI is InChI=1S/C28H26F5NO2/c1-27(29,30)22-7-2-4-16-9-13-21(26(36)25(16)22)24(35)14-17-8-10-20(15-23(17)28(31,32)33)34-18-5-3-6-19(34)12-11-18/h2,4,7-8,10,13,15,18-19H,3,5-6,9,11-12,14H2,1H3. The quantitative estimate of drug-likeness (QED) is 0.332. The summed E-state index contributed by atoms with van der Waals surface area (Å²) in [7, 11) is 0. The van der Waals surface area contributed by atoms with Gasteiger partial charge in [0.1, 0.15) is 0 Å². The van der Waals surface area contributed by atoms with Crippen LogP contribution in [0.2, 0.25) is 0 Å². The average Bonchev–Trinajstić information content (AvgIpc) is 3.05. The number of carbonyl (C=O) groups excluding carboxylic acids is 2. The Hall–Kier alpha value is -3.03. The van der Waals surface area contributed by atoms with E-state index in [0.29, 0.717) is 18.2 Å². The lowest BCUT2D eigenvalue weighted by molar-refractivity contribution is -0.138. The number of anilines is 1. The highest BCUT2D eigenvalue weighted by Crippen LogP contribution is 2.42. The molecule has 3 nitrogen and oxygen atoms in total. The molecule has 0 amide bonds. The van der Waals surface area contributed by atoms with Gasteiger partial charge in [0.05, 0.1) is 11.1 Å².